The minimum absolute atomic E-state index is 0.0118. The van der Waals surface area contributed by atoms with Crippen molar-refractivity contribution >= 4 is 11.8 Å². The van der Waals surface area contributed by atoms with Gasteiger partial charge in [-0.15, -0.1) is 6.58 Å². The number of amides is 2. The Kier molecular flexibility index (Phi) is 5.02. The Balaban J connectivity index is 2.18. The van der Waals surface area contributed by atoms with Crippen LogP contribution in [-0.2, 0) is 9.59 Å². The fraction of sp³-hybridized carbons (Fsp3) is 0.667. The Morgan fingerprint density at radius 1 is 1.50 bits per heavy atom. The van der Waals surface area contributed by atoms with Crippen LogP contribution in [0, 0.1) is 5.92 Å². The van der Waals surface area contributed by atoms with E-state index >= 15 is 0 Å². The summed E-state index contributed by atoms with van der Waals surface area (Å²) < 4.78 is 0. The van der Waals surface area contributed by atoms with Crippen molar-refractivity contribution in [1.29, 1.82) is 0 Å². The molecular formula is C12H20N2O2. The largest absolute Gasteiger partial charge is 0.354 e. The molecule has 0 radical (unpaired) electrons. The van der Waals surface area contributed by atoms with Crippen LogP contribution < -0.4 is 5.32 Å². The predicted molar refractivity (Wildman–Crippen MR) is 62.8 cm³/mol. The van der Waals surface area contributed by atoms with Crippen LogP contribution in [0.2, 0.25) is 0 Å². The Labute approximate surface area is 96.7 Å². The van der Waals surface area contributed by atoms with Gasteiger partial charge < -0.3 is 10.2 Å². The van der Waals surface area contributed by atoms with E-state index in [9.17, 15) is 9.59 Å². The van der Waals surface area contributed by atoms with E-state index in [1.54, 1.807) is 11.0 Å². The lowest BCUT2D eigenvalue weighted by Crippen LogP contribution is -2.40. The van der Waals surface area contributed by atoms with Crippen LogP contribution in [-0.4, -0.2) is 36.3 Å². The summed E-state index contributed by atoms with van der Waals surface area (Å²) in [6, 6.07) is 0. The lowest BCUT2D eigenvalue weighted by Gasteiger charge is -2.25. The summed E-state index contributed by atoms with van der Waals surface area (Å²) in [5, 5.41) is 2.86. The van der Waals surface area contributed by atoms with E-state index in [0.717, 1.165) is 19.3 Å². The summed E-state index contributed by atoms with van der Waals surface area (Å²) in [6.07, 6.45) is 4.87. The van der Waals surface area contributed by atoms with Gasteiger partial charge >= 0.3 is 0 Å². The quantitative estimate of drug-likeness (QED) is 0.683. The summed E-state index contributed by atoms with van der Waals surface area (Å²) in [7, 11) is 0. The van der Waals surface area contributed by atoms with Crippen molar-refractivity contribution in [3.63, 3.8) is 0 Å². The molecule has 0 bridgehead atoms. The molecule has 0 aromatic rings. The molecule has 1 N–H and O–H groups in total. The van der Waals surface area contributed by atoms with Crippen molar-refractivity contribution < 1.29 is 9.59 Å². The summed E-state index contributed by atoms with van der Waals surface area (Å²) >= 11 is 0. The van der Waals surface area contributed by atoms with Gasteiger partial charge in [-0.3, -0.25) is 9.59 Å². The average Bonchev–Trinajstić information content (AvgIpc) is 2.13. The van der Waals surface area contributed by atoms with E-state index in [-0.39, 0.29) is 17.7 Å². The third kappa shape index (κ3) is 3.68. The van der Waals surface area contributed by atoms with Crippen LogP contribution in [0.15, 0.2) is 12.7 Å². The van der Waals surface area contributed by atoms with Crippen LogP contribution >= 0.6 is 0 Å². The predicted octanol–water partition coefficient (Wildman–Crippen LogP) is 0.937. The first-order valence-corrected chi connectivity index (χ1v) is 5.79. The number of carbonyl (C=O) groups excluding carboxylic acids is 2. The van der Waals surface area contributed by atoms with E-state index in [0.29, 0.717) is 19.6 Å². The van der Waals surface area contributed by atoms with E-state index in [1.807, 2.05) is 0 Å². The first kappa shape index (κ1) is 12.7. The Bertz CT molecular complexity index is 272. The number of hydrogen-bond donors (Lipinski definition) is 1. The maximum atomic E-state index is 11.5. The molecule has 1 rings (SSSR count). The minimum Gasteiger partial charge on any atom is -0.354 e. The minimum atomic E-state index is 0.0118. The summed E-state index contributed by atoms with van der Waals surface area (Å²) in [5.41, 5.74) is 0. The molecule has 1 aliphatic carbocycles. The first-order chi connectivity index (χ1) is 7.65. The van der Waals surface area contributed by atoms with Gasteiger partial charge in [0, 0.05) is 32.5 Å². The van der Waals surface area contributed by atoms with Gasteiger partial charge in [-0.05, 0) is 12.8 Å². The highest BCUT2D eigenvalue weighted by Crippen LogP contribution is 2.25. The van der Waals surface area contributed by atoms with Crippen molar-refractivity contribution in [3.8, 4) is 0 Å². The van der Waals surface area contributed by atoms with E-state index < -0.39 is 0 Å². The second kappa shape index (κ2) is 6.30. The van der Waals surface area contributed by atoms with Gasteiger partial charge in [-0.25, -0.2) is 0 Å². The van der Waals surface area contributed by atoms with Gasteiger partial charge in [0.05, 0.1) is 0 Å². The van der Waals surface area contributed by atoms with Gasteiger partial charge in [0.15, 0.2) is 0 Å². The number of nitrogens with one attached hydrogen (secondary N) is 1. The molecule has 0 aromatic heterocycles. The Morgan fingerprint density at radius 3 is 2.62 bits per heavy atom. The van der Waals surface area contributed by atoms with Crippen LogP contribution in [0.3, 0.4) is 0 Å². The van der Waals surface area contributed by atoms with Crippen molar-refractivity contribution in [2.45, 2.75) is 26.2 Å². The third-order valence-electron chi connectivity index (χ3n) is 2.95. The second-order valence-corrected chi connectivity index (χ2v) is 4.17. The van der Waals surface area contributed by atoms with Gasteiger partial charge in [0.2, 0.25) is 11.8 Å². The molecule has 0 spiro atoms. The normalized spacial score (nSPS) is 15.1. The number of nitrogens with zero attached hydrogens (tertiary/aromatic N) is 1. The zero-order valence-corrected chi connectivity index (χ0v) is 9.87. The van der Waals surface area contributed by atoms with Crippen LogP contribution in [0.25, 0.3) is 0 Å². The molecule has 0 aromatic carbocycles. The van der Waals surface area contributed by atoms with E-state index in [1.165, 1.54) is 6.92 Å². The molecule has 2 amide bonds. The van der Waals surface area contributed by atoms with E-state index in [2.05, 4.69) is 11.9 Å². The highest BCUT2D eigenvalue weighted by molar-refractivity contribution is 5.79. The molecule has 0 aliphatic heterocycles. The smallest absolute Gasteiger partial charge is 0.223 e. The monoisotopic (exact) mass is 224 g/mol. The molecule has 4 nitrogen and oxygen atoms in total. The standard InChI is InChI=1S/C12H20N2O2/c1-3-8-14(10(2)15)9-7-13-12(16)11-5-4-6-11/h3,11H,1,4-9H2,2H3,(H,13,16). The highest BCUT2D eigenvalue weighted by atomic mass is 16.2. The van der Waals surface area contributed by atoms with Gasteiger partial charge in [0.25, 0.3) is 0 Å². The molecule has 1 fully saturated rings. The molecule has 0 atom stereocenters. The lowest BCUT2D eigenvalue weighted by molar-refractivity contribution is -0.130. The Morgan fingerprint density at radius 2 is 2.19 bits per heavy atom. The number of rotatable bonds is 6. The van der Waals surface area contributed by atoms with Crippen molar-refractivity contribution in [3.05, 3.63) is 12.7 Å². The molecule has 90 valence electrons. The first-order valence-electron chi connectivity index (χ1n) is 5.79. The molecular weight excluding hydrogens is 204 g/mol. The van der Waals surface area contributed by atoms with Crippen molar-refractivity contribution in [2.75, 3.05) is 19.6 Å². The molecule has 16 heavy (non-hydrogen) atoms. The topological polar surface area (TPSA) is 49.4 Å². The molecule has 0 heterocycles. The number of carbonyl (C=O) groups is 2. The maximum Gasteiger partial charge on any atom is 0.223 e. The van der Waals surface area contributed by atoms with Crippen LogP contribution in [0.1, 0.15) is 26.2 Å². The summed E-state index contributed by atoms with van der Waals surface area (Å²) in [4.78, 5) is 24.3. The second-order valence-electron chi connectivity index (χ2n) is 4.17. The molecule has 0 unspecified atom stereocenters. The molecule has 4 heteroatoms. The summed E-state index contributed by atoms with van der Waals surface area (Å²) in [5.74, 6) is 0.358. The van der Waals surface area contributed by atoms with Crippen molar-refractivity contribution in [1.82, 2.24) is 10.2 Å². The highest BCUT2D eigenvalue weighted by Gasteiger charge is 2.24. The fourth-order valence-electron chi connectivity index (χ4n) is 1.66. The third-order valence-corrected chi connectivity index (χ3v) is 2.95. The van der Waals surface area contributed by atoms with Crippen molar-refractivity contribution in [2.24, 2.45) is 5.92 Å². The SMILES string of the molecule is C=CCN(CCNC(=O)C1CCC1)C(C)=O. The fourth-order valence-corrected chi connectivity index (χ4v) is 1.66. The molecule has 1 saturated carbocycles. The van der Waals surface area contributed by atoms with Gasteiger partial charge in [-0.1, -0.05) is 12.5 Å². The number of hydrogen-bond acceptors (Lipinski definition) is 2. The van der Waals surface area contributed by atoms with Crippen LogP contribution in [0.4, 0.5) is 0 Å². The van der Waals surface area contributed by atoms with E-state index in [4.69, 9.17) is 0 Å². The Hall–Kier alpha value is -1.32. The zero-order chi connectivity index (χ0) is 12.0. The zero-order valence-electron chi connectivity index (χ0n) is 9.87. The molecule has 1 aliphatic rings. The maximum absolute atomic E-state index is 11.5. The lowest BCUT2D eigenvalue weighted by atomic mass is 9.85. The van der Waals surface area contributed by atoms with Gasteiger partial charge in [-0.2, -0.15) is 0 Å². The molecule has 0 saturated heterocycles. The summed E-state index contributed by atoms with van der Waals surface area (Å²) in [6.45, 7) is 6.74. The van der Waals surface area contributed by atoms with Crippen LogP contribution in [0.5, 0.6) is 0 Å². The van der Waals surface area contributed by atoms with Gasteiger partial charge in [0.1, 0.15) is 0 Å². The average molecular weight is 224 g/mol.